The molecule has 0 aliphatic rings. The first-order chi connectivity index (χ1) is 8.52. The van der Waals surface area contributed by atoms with Crippen molar-refractivity contribution in [2.24, 2.45) is 5.92 Å². The second-order valence-corrected chi connectivity index (χ2v) is 3.97. The molecule has 4 nitrogen and oxygen atoms in total. The highest BCUT2D eigenvalue weighted by molar-refractivity contribution is 5.96. The van der Waals surface area contributed by atoms with Gasteiger partial charge < -0.3 is 5.32 Å². The van der Waals surface area contributed by atoms with Gasteiger partial charge in [-0.15, -0.1) is 0 Å². The van der Waals surface area contributed by atoms with E-state index in [9.17, 15) is 9.59 Å². The molecule has 100 valence electrons. The number of carbonyl (C=O) groups excluding carboxylic acids is 2. The number of nitrogens with zero attached hydrogens (tertiary/aromatic N) is 1. The summed E-state index contributed by atoms with van der Waals surface area (Å²) in [6.07, 6.45) is 1.55. The minimum atomic E-state index is -0.477. The highest BCUT2D eigenvalue weighted by Crippen LogP contribution is 2.01. The third-order valence-corrected chi connectivity index (χ3v) is 2.24. The lowest BCUT2D eigenvalue weighted by atomic mass is 10.0. The van der Waals surface area contributed by atoms with Crippen molar-refractivity contribution in [3.63, 3.8) is 0 Å². The molecule has 0 fully saturated rings. The van der Waals surface area contributed by atoms with E-state index in [1.54, 1.807) is 31.3 Å². The third kappa shape index (κ3) is 5.08. The zero-order valence-electron chi connectivity index (χ0n) is 11.7. The van der Waals surface area contributed by atoms with Crippen molar-refractivity contribution >= 4 is 11.7 Å². The van der Waals surface area contributed by atoms with Crippen LogP contribution in [0.25, 0.3) is 0 Å². The molecule has 1 aromatic rings. The first-order valence-electron chi connectivity index (χ1n) is 6.28. The fourth-order valence-corrected chi connectivity index (χ4v) is 1.34. The molecular weight excluding hydrogens is 228 g/mol. The largest absolute Gasteiger partial charge is 0.341 e. The summed E-state index contributed by atoms with van der Waals surface area (Å²) in [5.41, 5.74) is 0.325. The lowest BCUT2D eigenvalue weighted by molar-refractivity contribution is -0.123. The number of aromatic nitrogens is 1. The molecule has 4 heteroatoms. The van der Waals surface area contributed by atoms with Gasteiger partial charge in [0.25, 0.3) is 5.91 Å². The fourth-order valence-electron chi connectivity index (χ4n) is 1.34. The Balaban J connectivity index is 0.00000137. The Morgan fingerprint density at radius 3 is 2.22 bits per heavy atom. The van der Waals surface area contributed by atoms with Crippen LogP contribution in [0.15, 0.2) is 24.4 Å². The van der Waals surface area contributed by atoms with E-state index in [1.807, 2.05) is 27.7 Å². The number of carbonyl (C=O) groups is 2. The second kappa shape index (κ2) is 8.39. The first-order valence-corrected chi connectivity index (χ1v) is 6.28. The van der Waals surface area contributed by atoms with E-state index in [0.29, 0.717) is 5.69 Å². The zero-order valence-corrected chi connectivity index (χ0v) is 11.7. The number of rotatable bonds is 4. The van der Waals surface area contributed by atoms with Crippen LogP contribution in [0, 0.1) is 5.92 Å². The summed E-state index contributed by atoms with van der Waals surface area (Å²) in [6, 6.07) is 4.60. The number of pyridine rings is 1. The Morgan fingerprint density at radius 2 is 1.78 bits per heavy atom. The summed E-state index contributed by atoms with van der Waals surface area (Å²) in [5, 5.41) is 2.63. The summed E-state index contributed by atoms with van der Waals surface area (Å²) in [4.78, 5) is 27.1. The number of Topliss-reactive ketones (excluding diaryl/α,β-unsaturated/α-hetero) is 1. The molecule has 0 bridgehead atoms. The van der Waals surface area contributed by atoms with Crippen LogP contribution in [0.5, 0.6) is 0 Å². The molecule has 1 rings (SSSR count). The Hall–Kier alpha value is -1.71. The average molecular weight is 250 g/mol. The van der Waals surface area contributed by atoms with Crippen molar-refractivity contribution in [1.82, 2.24) is 10.3 Å². The summed E-state index contributed by atoms with van der Waals surface area (Å²) in [5.74, 6) is -0.384. The van der Waals surface area contributed by atoms with Gasteiger partial charge in [-0.1, -0.05) is 33.8 Å². The van der Waals surface area contributed by atoms with Gasteiger partial charge in [-0.3, -0.25) is 14.6 Å². The van der Waals surface area contributed by atoms with Crippen molar-refractivity contribution in [2.45, 2.75) is 40.7 Å². The Labute approximate surface area is 109 Å². The molecule has 1 amide bonds. The van der Waals surface area contributed by atoms with E-state index in [-0.39, 0.29) is 17.6 Å². The third-order valence-electron chi connectivity index (χ3n) is 2.24. The van der Waals surface area contributed by atoms with Crippen LogP contribution in [0.1, 0.15) is 45.1 Å². The number of nitrogens with one attached hydrogen (secondary N) is 1. The van der Waals surface area contributed by atoms with E-state index >= 15 is 0 Å². The number of ketones is 1. The lowest BCUT2D eigenvalue weighted by Gasteiger charge is -2.14. The standard InChI is InChI=1S/C12H16N2O2.C2H6/c1-8(2)11(15)9(3)14-12(16)10-6-4-5-7-13-10;1-2/h4-9H,1-3H3,(H,14,16);1-2H3. The summed E-state index contributed by atoms with van der Waals surface area (Å²) >= 11 is 0. The van der Waals surface area contributed by atoms with Crippen LogP contribution in [0.4, 0.5) is 0 Å². The summed E-state index contributed by atoms with van der Waals surface area (Å²) < 4.78 is 0. The zero-order chi connectivity index (χ0) is 14.1. The van der Waals surface area contributed by atoms with Gasteiger partial charge in [-0.25, -0.2) is 0 Å². The average Bonchev–Trinajstić information content (AvgIpc) is 2.40. The molecule has 1 aromatic heterocycles. The summed E-state index contributed by atoms with van der Waals surface area (Å²) in [7, 11) is 0. The molecule has 1 atom stereocenters. The maximum Gasteiger partial charge on any atom is 0.270 e. The topological polar surface area (TPSA) is 59.1 Å². The Kier molecular flexibility index (Phi) is 7.59. The Morgan fingerprint density at radius 1 is 1.17 bits per heavy atom. The predicted molar refractivity (Wildman–Crippen MR) is 72.4 cm³/mol. The SMILES string of the molecule is CC.CC(C)C(=O)C(C)NC(=O)c1ccccn1. The highest BCUT2D eigenvalue weighted by Gasteiger charge is 2.19. The molecular formula is C14H22N2O2. The van der Waals surface area contributed by atoms with Gasteiger partial charge in [0.05, 0.1) is 6.04 Å². The van der Waals surface area contributed by atoms with E-state index in [2.05, 4.69) is 10.3 Å². The maximum atomic E-state index is 11.7. The second-order valence-electron chi connectivity index (χ2n) is 3.97. The predicted octanol–water partition coefficient (Wildman–Crippen LogP) is 2.45. The van der Waals surface area contributed by atoms with E-state index < -0.39 is 6.04 Å². The van der Waals surface area contributed by atoms with Crippen molar-refractivity contribution in [3.05, 3.63) is 30.1 Å². The Bertz CT molecular complexity index is 375. The number of hydrogen-bond donors (Lipinski definition) is 1. The van der Waals surface area contributed by atoms with Crippen LogP contribution < -0.4 is 5.32 Å². The number of amides is 1. The van der Waals surface area contributed by atoms with Crippen molar-refractivity contribution in [1.29, 1.82) is 0 Å². The molecule has 1 N–H and O–H groups in total. The van der Waals surface area contributed by atoms with Gasteiger partial charge in [0.1, 0.15) is 5.69 Å². The molecule has 0 aromatic carbocycles. The van der Waals surface area contributed by atoms with E-state index in [1.165, 1.54) is 0 Å². The van der Waals surface area contributed by atoms with Crippen molar-refractivity contribution in [3.8, 4) is 0 Å². The molecule has 0 spiro atoms. The molecule has 0 radical (unpaired) electrons. The molecule has 18 heavy (non-hydrogen) atoms. The van der Waals surface area contributed by atoms with Gasteiger partial charge in [0.15, 0.2) is 5.78 Å². The first kappa shape index (κ1) is 16.3. The van der Waals surface area contributed by atoms with Crippen LogP contribution >= 0.6 is 0 Å². The minimum Gasteiger partial charge on any atom is -0.341 e. The smallest absolute Gasteiger partial charge is 0.270 e. The highest BCUT2D eigenvalue weighted by atomic mass is 16.2. The van der Waals surface area contributed by atoms with Gasteiger partial charge in [-0.05, 0) is 19.1 Å². The van der Waals surface area contributed by atoms with Crippen molar-refractivity contribution < 1.29 is 9.59 Å². The van der Waals surface area contributed by atoms with Gasteiger partial charge in [0.2, 0.25) is 0 Å². The van der Waals surface area contributed by atoms with Gasteiger partial charge in [-0.2, -0.15) is 0 Å². The normalized spacial score (nSPS) is 11.2. The molecule has 0 aliphatic heterocycles. The van der Waals surface area contributed by atoms with Crippen LogP contribution in [-0.2, 0) is 4.79 Å². The molecule has 0 saturated heterocycles. The van der Waals surface area contributed by atoms with E-state index in [4.69, 9.17) is 0 Å². The fraction of sp³-hybridized carbons (Fsp3) is 0.500. The van der Waals surface area contributed by atoms with Crippen LogP contribution in [0.3, 0.4) is 0 Å². The monoisotopic (exact) mass is 250 g/mol. The van der Waals surface area contributed by atoms with Crippen LogP contribution in [-0.4, -0.2) is 22.7 Å². The lowest BCUT2D eigenvalue weighted by Crippen LogP contribution is -2.40. The maximum absolute atomic E-state index is 11.7. The van der Waals surface area contributed by atoms with E-state index in [0.717, 1.165) is 0 Å². The van der Waals surface area contributed by atoms with Crippen molar-refractivity contribution in [2.75, 3.05) is 0 Å². The van der Waals surface area contributed by atoms with Gasteiger partial charge >= 0.3 is 0 Å². The molecule has 0 aliphatic carbocycles. The molecule has 1 unspecified atom stereocenters. The van der Waals surface area contributed by atoms with Crippen LogP contribution in [0.2, 0.25) is 0 Å². The minimum absolute atomic E-state index is 0.0179. The molecule has 0 saturated carbocycles. The van der Waals surface area contributed by atoms with Gasteiger partial charge in [0, 0.05) is 12.1 Å². The molecule has 1 heterocycles. The quantitative estimate of drug-likeness (QED) is 0.893. The number of hydrogen-bond acceptors (Lipinski definition) is 3. The summed E-state index contributed by atoms with van der Waals surface area (Å²) in [6.45, 7) is 9.31.